The number of fused-ring (bicyclic) bond motifs is 1. The molecule has 1 aliphatic carbocycles. The molecule has 1 aromatic carbocycles. The summed E-state index contributed by atoms with van der Waals surface area (Å²) in [5.41, 5.74) is 4.37. The molecule has 1 atom stereocenters. The van der Waals surface area contributed by atoms with Gasteiger partial charge in [0.25, 0.3) is 11.2 Å². The van der Waals surface area contributed by atoms with Crippen LogP contribution in [0.2, 0.25) is 0 Å². The molecule has 2 aliphatic rings. The van der Waals surface area contributed by atoms with E-state index in [9.17, 15) is 14.9 Å². The maximum absolute atomic E-state index is 12.5. The number of nitrogens with zero attached hydrogens (tertiary/aromatic N) is 4. The van der Waals surface area contributed by atoms with Crippen LogP contribution in [-0.4, -0.2) is 52.0 Å². The highest BCUT2D eigenvalue weighted by atomic mass is 16.6. The summed E-state index contributed by atoms with van der Waals surface area (Å²) in [6.07, 6.45) is 5.36. The maximum Gasteiger partial charge on any atom is 0.288 e. The topological polar surface area (TPSA) is 95.4 Å². The highest BCUT2D eigenvalue weighted by Gasteiger charge is 2.27. The lowest BCUT2D eigenvalue weighted by atomic mass is 10.1. The van der Waals surface area contributed by atoms with Gasteiger partial charge in [-0.25, -0.2) is 4.98 Å². The molecule has 0 radical (unpaired) electrons. The molecule has 1 N–H and O–H groups in total. The minimum Gasteiger partial charge on any atom is -0.369 e. The molecule has 164 valence electrons. The molecule has 3 heterocycles. The van der Waals surface area contributed by atoms with E-state index in [1.54, 1.807) is 0 Å². The number of anilines is 1. The first-order chi connectivity index (χ1) is 15.5. The number of aromatic amines is 1. The molecule has 5 rings (SSSR count). The van der Waals surface area contributed by atoms with Gasteiger partial charge in [0.2, 0.25) is 0 Å². The minimum atomic E-state index is -0.539. The second-order valence-electron chi connectivity index (χ2n) is 8.55. The summed E-state index contributed by atoms with van der Waals surface area (Å²) in [4.78, 5) is 35.0. The Morgan fingerprint density at radius 2 is 1.88 bits per heavy atom. The van der Waals surface area contributed by atoms with E-state index < -0.39 is 4.92 Å². The molecule has 0 bridgehead atoms. The maximum atomic E-state index is 12.5. The quantitative estimate of drug-likeness (QED) is 0.502. The Balaban J connectivity index is 1.31. The van der Waals surface area contributed by atoms with Gasteiger partial charge in [-0.1, -0.05) is 23.8 Å². The number of aryl methyl sites for hydroxylation is 1. The fraction of sp³-hybridized carbons (Fsp3) is 0.333. The normalized spacial score (nSPS) is 19.3. The van der Waals surface area contributed by atoms with Crippen LogP contribution in [0.25, 0.3) is 16.5 Å². The molecule has 8 heteroatoms. The largest absolute Gasteiger partial charge is 0.369 e. The van der Waals surface area contributed by atoms with E-state index in [0.717, 1.165) is 50.3 Å². The predicted molar refractivity (Wildman–Crippen MR) is 125 cm³/mol. The van der Waals surface area contributed by atoms with Gasteiger partial charge in [0.1, 0.15) is 6.20 Å². The van der Waals surface area contributed by atoms with Crippen molar-refractivity contribution in [1.82, 2.24) is 14.9 Å². The van der Waals surface area contributed by atoms with Crippen molar-refractivity contribution in [2.75, 3.05) is 31.1 Å². The Morgan fingerprint density at radius 3 is 2.59 bits per heavy atom. The highest BCUT2D eigenvalue weighted by molar-refractivity contribution is 5.82. The van der Waals surface area contributed by atoms with Crippen LogP contribution >= 0.6 is 0 Å². The number of H-pyrrole nitrogens is 1. The second kappa shape index (κ2) is 8.20. The smallest absolute Gasteiger partial charge is 0.288 e. The number of hydrogen-bond donors (Lipinski definition) is 1. The molecule has 0 saturated carbocycles. The van der Waals surface area contributed by atoms with Gasteiger partial charge in [0.15, 0.2) is 0 Å². The van der Waals surface area contributed by atoms with Crippen molar-refractivity contribution in [3.8, 4) is 0 Å². The monoisotopic (exact) mass is 431 g/mol. The van der Waals surface area contributed by atoms with Crippen molar-refractivity contribution in [2.24, 2.45) is 0 Å². The van der Waals surface area contributed by atoms with Gasteiger partial charge in [0.05, 0.1) is 15.8 Å². The number of rotatable bonds is 4. The number of aromatic nitrogens is 2. The van der Waals surface area contributed by atoms with E-state index in [2.05, 4.69) is 57.0 Å². The lowest BCUT2D eigenvalue weighted by Crippen LogP contribution is -2.49. The summed E-state index contributed by atoms with van der Waals surface area (Å²) >= 11 is 0. The molecule has 3 aromatic rings. The number of nitro groups is 1. The molecule has 1 aliphatic heterocycles. The Hall–Kier alpha value is -3.52. The van der Waals surface area contributed by atoms with Crippen molar-refractivity contribution in [3.63, 3.8) is 0 Å². The molecule has 0 amide bonds. The third kappa shape index (κ3) is 3.89. The zero-order valence-electron chi connectivity index (χ0n) is 18.0. The van der Waals surface area contributed by atoms with Crippen LogP contribution in [0.3, 0.4) is 0 Å². The van der Waals surface area contributed by atoms with Crippen LogP contribution < -0.4 is 10.5 Å². The Morgan fingerprint density at radius 1 is 1.12 bits per heavy atom. The summed E-state index contributed by atoms with van der Waals surface area (Å²) < 4.78 is 0. The summed E-state index contributed by atoms with van der Waals surface area (Å²) in [5.74, 6) is 0. The van der Waals surface area contributed by atoms with Gasteiger partial charge in [-0.05, 0) is 43.5 Å². The van der Waals surface area contributed by atoms with Gasteiger partial charge in [0, 0.05) is 49.7 Å². The van der Waals surface area contributed by atoms with Crippen LogP contribution in [0.1, 0.15) is 24.1 Å². The molecular weight excluding hydrogens is 406 g/mol. The zero-order valence-corrected chi connectivity index (χ0v) is 18.0. The summed E-state index contributed by atoms with van der Waals surface area (Å²) in [6, 6.07) is 12.2. The van der Waals surface area contributed by atoms with E-state index in [1.807, 2.05) is 6.07 Å². The average Bonchev–Trinajstić information content (AvgIpc) is 3.30. The van der Waals surface area contributed by atoms with Crippen LogP contribution in [-0.2, 0) is 0 Å². The Labute approximate surface area is 185 Å². The Bertz CT molecular complexity index is 1260. The van der Waals surface area contributed by atoms with Gasteiger partial charge >= 0.3 is 0 Å². The molecule has 1 fully saturated rings. The first kappa shape index (κ1) is 20.4. The number of hydrogen-bond acceptors (Lipinski definition) is 6. The predicted octanol–water partition coefficient (Wildman–Crippen LogP) is 3.51. The summed E-state index contributed by atoms with van der Waals surface area (Å²) in [5, 5.41) is 11.2. The van der Waals surface area contributed by atoms with Crippen molar-refractivity contribution in [1.29, 1.82) is 0 Å². The lowest BCUT2D eigenvalue weighted by Gasteiger charge is -2.38. The number of nitrogens with one attached hydrogen (secondary N) is 1. The molecule has 32 heavy (non-hydrogen) atoms. The second-order valence-corrected chi connectivity index (χ2v) is 8.55. The minimum absolute atomic E-state index is 0.180. The Kier molecular flexibility index (Phi) is 5.22. The van der Waals surface area contributed by atoms with E-state index >= 15 is 0 Å². The summed E-state index contributed by atoms with van der Waals surface area (Å²) in [7, 11) is 0. The first-order valence-corrected chi connectivity index (χ1v) is 10.9. The van der Waals surface area contributed by atoms with Crippen LogP contribution in [0, 0.1) is 17.0 Å². The first-order valence-electron chi connectivity index (χ1n) is 10.9. The van der Waals surface area contributed by atoms with E-state index in [0.29, 0.717) is 11.6 Å². The zero-order chi connectivity index (χ0) is 22.2. The van der Waals surface area contributed by atoms with Gasteiger partial charge < -0.3 is 9.88 Å². The van der Waals surface area contributed by atoms with Gasteiger partial charge in [-0.15, -0.1) is 0 Å². The standard InChI is InChI=1S/C24H25N5O3/c1-16-2-5-18(6-3-16)27-8-10-28(11-9-27)19-7-4-17(12-19)22-14-23-21(24(30)26-22)13-20(15-25-23)29(31)32/h2-3,5-6,12-15,19H,4,7-11H2,1H3,(H,26,30)/t19-/m1/s1. The number of pyridine rings is 2. The van der Waals surface area contributed by atoms with E-state index in [1.165, 1.54) is 23.5 Å². The van der Waals surface area contributed by atoms with Crippen LogP contribution in [0.15, 0.2) is 53.5 Å². The third-order valence-electron chi connectivity index (χ3n) is 6.52. The van der Waals surface area contributed by atoms with E-state index in [-0.39, 0.29) is 16.6 Å². The van der Waals surface area contributed by atoms with Gasteiger partial charge in [-0.2, -0.15) is 0 Å². The fourth-order valence-corrected chi connectivity index (χ4v) is 4.68. The van der Waals surface area contributed by atoms with Crippen molar-refractivity contribution in [2.45, 2.75) is 25.8 Å². The molecule has 2 aromatic heterocycles. The lowest BCUT2D eigenvalue weighted by molar-refractivity contribution is -0.385. The van der Waals surface area contributed by atoms with Crippen molar-refractivity contribution in [3.05, 3.63) is 80.4 Å². The van der Waals surface area contributed by atoms with Crippen LogP contribution in [0.5, 0.6) is 0 Å². The van der Waals surface area contributed by atoms with Crippen molar-refractivity contribution >= 4 is 27.9 Å². The number of benzene rings is 1. The fourth-order valence-electron chi connectivity index (χ4n) is 4.68. The highest BCUT2D eigenvalue weighted by Crippen LogP contribution is 2.31. The number of allylic oxidation sites excluding steroid dienone is 1. The summed E-state index contributed by atoms with van der Waals surface area (Å²) in [6.45, 7) is 6.11. The molecular formula is C24H25N5O3. The average molecular weight is 431 g/mol. The molecule has 0 unspecified atom stereocenters. The molecule has 1 saturated heterocycles. The van der Waals surface area contributed by atoms with Crippen molar-refractivity contribution < 1.29 is 4.92 Å². The third-order valence-corrected chi connectivity index (χ3v) is 6.52. The number of piperazine rings is 1. The van der Waals surface area contributed by atoms with Crippen LogP contribution in [0.4, 0.5) is 11.4 Å². The van der Waals surface area contributed by atoms with Gasteiger partial charge in [-0.3, -0.25) is 19.8 Å². The molecule has 8 nitrogen and oxygen atoms in total. The van der Waals surface area contributed by atoms with E-state index in [4.69, 9.17) is 0 Å². The SMILES string of the molecule is Cc1ccc(N2CCN([C@H]3C=C(c4cc5ncc([N+](=O)[O-])cc5c(=O)[nH]4)CC3)CC2)cc1. The molecule has 0 spiro atoms.